The van der Waals surface area contributed by atoms with Gasteiger partial charge in [0, 0.05) is 82.2 Å². The number of aromatic nitrogens is 2. The van der Waals surface area contributed by atoms with Crippen LogP contribution in [0.4, 0.5) is 34.1 Å². The van der Waals surface area contributed by atoms with Gasteiger partial charge in [-0.1, -0.05) is 218 Å². The third-order valence-electron chi connectivity index (χ3n) is 17.1. The van der Waals surface area contributed by atoms with E-state index in [1.165, 1.54) is 65.2 Å². The van der Waals surface area contributed by atoms with Gasteiger partial charge in [-0.05, 0) is 136 Å². The fourth-order valence-corrected chi connectivity index (χ4v) is 13.7. The van der Waals surface area contributed by atoms with E-state index >= 15 is 0 Å². The maximum atomic E-state index is 7.75. The lowest BCUT2D eigenvalue weighted by atomic mass is 9.97. The topological polar surface area (TPSA) is 15.3 Å². The van der Waals surface area contributed by atoms with E-state index in [0.29, 0.717) is 5.02 Å². The smallest absolute Gasteiger partial charge is 0.0620 e. The lowest BCUT2D eigenvalue weighted by molar-refractivity contribution is 1.25. The maximum Gasteiger partial charge on any atom is 0.0620 e. The van der Waals surface area contributed by atoms with Crippen molar-refractivity contribution in [1.29, 1.82) is 0 Å². The zero-order valence-corrected chi connectivity index (χ0v) is 45.7. The molecule has 0 bridgehead atoms. The van der Waals surface area contributed by atoms with Crippen LogP contribution < -0.4 is 9.80 Å². The molecule has 0 radical (unpaired) electrons. The summed E-state index contributed by atoms with van der Waals surface area (Å²) in [6.45, 7) is 0. The predicted octanol–water partition coefficient (Wildman–Crippen LogP) is 22.2. The number of benzene rings is 13. The molecule has 17 rings (SSSR count). The molecule has 0 aliphatic carbocycles. The Kier molecular flexibility index (Phi) is 10.6. The van der Waals surface area contributed by atoms with Crippen LogP contribution in [0.5, 0.6) is 0 Å². The zero-order valence-electron chi connectivity index (χ0n) is 45.0. The Labute approximate surface area is 484 Å². The second-order valence-electron chi connectivity index (χ2n) is 21.9. The van der Waals surface area contributed by atoms with Crippen molar-refractivity contribution in [2.75, 3.05) is 9.80 Å². The first-order valence-corrected chi connectivity index (χ1v) is 28.7. The highest BCUT2D eigenvalue weighted by molar-refractivity contribution is 6.31. The average Bonchev–Trinajstić information content (AvgIpc) is 1.75. The summed E-state index contributed by atoms with van der Waals surface area (Å²) >= 11 is 7.75. The van der Waals surface area contributed by atoms with E-state index < -0.39 is 0 Å². The number of fused-ring (bicyclic) bond motifs is 12. The van der Waals surface area contributed by atoms with Crippen LogP contribution in [0.3, 0.4) is 0 Å². The first-order valence-electron chi connectivity index (χ1n) is 28.3. The van der Waals surface area contributed by atoms with Crippen LogP contribution in [0.25, 0.3) is 121 Å². The lowest BCUT2D eigenvalue weighted by Gasteiger charge is -2.31. The molecule has 388 valence electrons. The molecule has 0 unspecified atom stereocenters. The molecule has 0 aliphatic heterocycles. The van der Waals surface area contributed by atoms with Crippen molar-refractivity contribution in [2.24, 2.45) is 0 Å². The number of nitrogens with zero attached hydrogens (tertiary/aromatic N) is 4. The minimum atomic E-state index is 0.607. The van der Waals surface area contributed by atoms with Crippen molar-refractivity contribution in [2.45, 2.75) is 0 Å². The molecule has 0 aliphatic rings. The van der Waals surface area contributed by atoms with E-state index in [1.54, 1.807) is 0 Å². The van der Waals surface area contributed by atoms with Crippen molar-refractivity contribution in [3.63, 3.8) is 0 Å². The summed E-state index contributed by atoms with van der Waals surface area (Å²) in [5, 5.41) is 10.5. The van der Waals surface area contributed by atoms with E-state index in [4.69, 9.17) is 11.6 Å². The number of halogens is 1. The molecule has 0 saturated heterocycles. The average molecular weight is 1080 g/mol. The van der Waals surface area contributed by atoms with E-state index in [1.807, 2.05) is 0 Å². The highest BCUT2D eigenvalue weighted by atomic mass is 35.5. The van der Waals surface area contributed by atoms with Crippen LogP contribution in [0.2, 0.25) is 5.02 Å². The fraction of sp³-hybridized carbons (Fsp3) is 0. The second kappa shape index (κ2) is 18.7. The zero-order chi connectivity index (χ0) is 54.7. The molecule has 5 heteroatoms. The van der Waals surface area contributed by atoms with Gasteiger partial charge in [-0.2, -0.15) is 0 Å². The number of hydrogen-bond donors (Lipinski definition) is 0. The van der Waals surface area contributed by atoms with Crippen LogP contribution in [0.15, 0.2) is 297 Å². The normalized spacial score (nSPS) is 11.9. The minimum Gasteiger partial charge on any atom is -0.310 e. The van der Waals surface area contributed by atoms with Crippen molar-refractivity contribution < 1.29 is 0 Å². The summed E-state index contributed by atoms with van der Waals surface area (Å²) in [6, 6.07) is 108. The summed E-state index contributed by atoms with van der Waals surface area (Å²) in [5.74, 6) is 0. The van der Waals surface area contributed by atoms with Crippen LogP contribution in [-0.2, 0) is 0 Å². The van der Waals surface area contributed by atoms with Gasteiger partial charge in [0.25, 0.3) is 0 Å². The summed E-state index contributed by atoms with van der Waals surface area (Å²) in [7, 11) is 0. The van der Waals surface area contributed by atoms with Crippen LogP contribution in [-0.4, -0.2) is 8.80 Å². The number of hydrogen-bond acceptors (Lipinski definition) is 2. The maximum absolute atomic E-state index is 7.75. The number of rotatable bonds is 10. The third-order valence-corrected chi connectivity index (χ3v) is 17.3. The molecule has 13 aromatic carbocycles. The Hall–Kier alpha value is -10.7. The Bertz CT molecular complexity index is 4890. The Morgan fingerprint density at radius 1 is 0.205 bits per heavy atom. The van der Waals surface area contributed by atoms with Gasteiger partial charge in [-0.15, -0.1) is 0 Å². The van der Waals surface area contributed by atoms with Crippen molar-refractivity contribution >= 4 is 122 Å². The quantitative estimate of drug-likeness (QED) is 0.136. The van der Waals surface area contributed by atoms with Gasteiger partial charge in [0.2, 0.25) is 0 Å². The first-order chi connectivity index (χ1) is 41.1. The summed E-state index contributed by atoms with van der Waals surface area (Å²) in [5.41, 5.74) is 21.9. The van der Waals surface area contributed by atoms with Crippen molar-refractivity contribution in [3.05, 3.63) is 302 Å². The lowest BCUT2D eigenvalue weighted by Crippen LogP contribution is -2.14. The summed E-state index contributed by atoms with van der Waals surface area (Å²) in [4.78, 5) is 4.83. The highest BCUT2D eigenvalue weighted by Crippen LogP contribution is 2.49. The fourth-order valence-electron chi connectivity index (χ4n) is 13.5. The van der Waals surface area contributed by atoms with Gasteiger partial charge >= 0.3 is 0 Å². The Morgan fingerprint density at radius 3 is 0.867 bits per heavy atom. The molecule has 0 N–H and O–H groups in total. The monoisotopic (exact) mass is 1080 g/mol. The third kappa shape index (κ3) is 7.54. The van der Waals surface area contributed by atoms with E-state index in [2.05, 4.69) is 316 Å². The predicted molar refractivity (Wildman–Crippen MR) is 352 cm³/mol. The van der Waals surface area contributed by atoms with Gasteiger partial charge in [-0.3, -0.25) is 0 Å². The molecule has 83 heavy (non-hydrogen) atoms. The van der Waals surface area contributed by atoms with Crippen LogP contribution >= 0.6 is 11.6 Å². The highest BCUT2D eigenvalue weighted by Gasteiger charge is 2.25. The molecule has 4 nitrogen and oxygen atoms in total. The first kappa shape index (κ1) is 47.2. The van der Waals surface area contributed by atoms with Gasteiger partial charge in [-0.25, -0.2) is 0 Å². The molecule has 4 aromatic heterocycles. The van der Waals surface area contributed by atoms with E-state index in [9.17, 15) is 0 Å². The van der Waals surface area contributed by atoms with Gasteiger partial charge in [0.15, 0.2) is 0 Å². The minimum absolute atomic E-state index is 0.607. The van der Waals surface area contributed by atoms with E-state index in [0.717, 1.165) is 89.7 Å². The molecule has 4 heterocycles. The van der Waals surface area contributed by atoms with Gasteiger partial charge in [0.05, 0.1) is 33.1 Å². The Balaban J connectivity index is 0.951. The van der Waals surface area contributed by atoms with Gasteiger partial charge < -0.3 is 18.6 Å². The van der Waals surface area contributed by atoms with Crippen molar-refractivity contribution in [3.8, 4) is 44.5 Å². The molecular weight excluding hydrogens is 1030 g/mol. The second-order valence-corrected chi connectivity index (χ2v) is 22.3. The molecule has 17 aromatic rings. The number of anilines is 6. The molecule has 0 amide bonds. The standard InChI is InChI=1S/C78H49ClN4/c79-58-45-63(80(61-41-54(50-19-5-1-6-20-50)39-55(42-61)51-21-7-2-8-22-51)59-35-37-67-71-31-17-29-69-65-27-13-15-33-73(65)82(77(69)71)75(67)48-59)47-64(46-58)81(62-43-56(52-23-9-3-10-24-52)40-57(44-62)53-25-11-4-12-26-53)60-36-38-68-72-32-18-30-70-66-28-14-16-34-74(66)83(78(70)72)76(68)49-60/h1-49H. The molecule has 0 fully saturated rings. The number of para-hydroxylation sites is 4. The SMILES string of the molecule is Clc1cc(N(c2cc(-c3ccccc3)cc(-c3ccccc3)c2)c2ccc3c4cccc5c6ccccc6n(c3c2)c54)cc(N(c2cc(-c3ccccc3)cc(-c3ccccc3)c2)c2ccc3c4cccc5c6ccccc6n(c3c2)c54)c1. The summed E-state index contributed by atoms with van der Waals surface area (Å²) < 4.78 is 4.94. The molecule has 0 saturated carbocycles. The summed E-state index contributed by atoms with van der Waals surface area (Å²) in [6.07, 6.45) is 0. The molecular formula is C78H49ClN4. The van der Waals surface area contributed by atoms with E-state index in [-0.39, 0.29) is 0 Å². The molecule has 0 atom stereocenters. The van der Waals surface area contributed by atoms with Crippen molar-refractivity contribution in [1.82, 2.24) is 8.80 Å². The van der Waals surface area contributed by atoms with Gasteiger partial charge in [0.1, 0.15) is 0 Å². The van der Waals surface area contributed by atoms with Crippen LogP contribution in [0, 0.1) is 0 Å². The molecule has 0 spiro atoms. The Morgan fingerprint density at radius 2 is 0.506 bits per heavy atom. The largest absolute Gasteiger partial charge is 0.310 e. The van der Waals surface area contributed by atoms with Crippen LogP contribution in [0.1, 0.15) is 0 Å².